The average molecular weight is 243 g/mol. The fraction of sp³-hybridized carbons (Fsp3) is 0.167. The second-order valence-corrected chi connectivity index (χ2v) is 3.16. The first kappa shape index (κ1) is 13.2. The second-order valence-electron chi connectivity index (χ2n) is 3.16. The van der Waals surface area contributed by atoms with Crippen molar-refractivity contribution in [1.82, 2.24) is 0 Å². The number of esters is 1. The quantitative estimate of drug-likeness (QED) is 0.614. The van der Waals surface area contributed by atoms with Crippen LogP contribution in [0.3, 0.4) is 0 Å². The number of carbonyl (C=O) groups is 2. The number of hydrogen-bond donors (Lipinski definition) is 1. The minimum atomic E-state index is -1.000. The summed E-state index contributed by atoms with van der Waals surface area (Å²) >= 11 is 0. The first-order valence-corrected chi connectivity index (χ1v) is 5.04. The predicted molar refractivity (Wildman–Crippen MR) is 61.1 cm³/mol. The molecule has 1 rings (SSSR count). The van der Waals surface area contributed by atoms with E-state index in [0.717, 1.165) is 0 Å². The maximum absolute atomic E-state index is 11.3. The third kappa shape index (κ3) is 3.06. The summed E-state index contributed by atoms with van der Waals surface area (Å²) in [4.78, 5) is 22.4. The van der Waals surface area contributed by atoms with E-state index < -0.39 is 11.9 Å². The van der Waals surface area contributed by atoms with Crippen LogP contribution in [0.5, 0.6) is 0 Å². The van der Waals surface area contributed by atoms with Gasteiger partial charge in [-0.25, -0.2) is 4.79 Å². The molecule has 0 aliphatic heterocycles. The summed E-state index contributed by atoms with van der Waals surface area (Å²) in [6.45, 7) is 1.68. The molecule has 0 radical (unpaired) electrons. The number of nitriles is 2. The van der Waals surface area contributed by atoms with Gasteiger partial charge in [0.05, 0.1) is 17.7 Å². The van der Waals surface area contributed by atoms with Crippen LogP contribution in [-0.2, 0) is 14.3 Å². The molecule has 1 N–H and O–H groups in total. The van der Waals surface area contributed by atoms with Crippen molar-refractivity contribution in [3.63, 3.8) is 0 Å². The third-order valence-corrected chi connectivity index (χ3v) is 1.98. The molecule has 0 unspecified atom stereocenters. The molecule has 0 saturated heterocycles. The van der Waals surface area contributed by atoms with Gasteiger partial charge in [0.1, 0.15) is 12.1 Å². The van der Waals surface area contributed by atoms with Gasteiger partial charge < -0.3 is 10.1 Å². The smallest absolute Gasteiger partial charge is 0.397 e. The molecule has 0 spiro atoms. The number of amides is 1. The fourth-order valence-corrected chi connectivity index (χ4v) is 1.19. The summed E-state index contributed by atoms with van der Waals surface area (Å²) in [5, 5.41) is 19.8. The lowest BCUT2D eigenvalue weighted by Crippen LogP contribution is -2.25. The number of benzene rings is 1. The van der Waals surface area contributed by atoms with Crippen LogP contribution < -0.4 is 5.32 Å². The molecule has 0 atom stereocenters. The summed E-state index contributed by atoms with van der Waals surface area (Å²) in [7, 11) is 0. The molecular weight excluding hydrogens is 234 g/mol. The Labute approximate surface area is 103 Å². The Morgan fingerprint density at radius 1 is 1.28 bits per heavy atom. The lowest BCUT2D eigenvalue weighted by molar-refractivity contribution is -0.152. The van der Waals surface area contributed by atoms with Crippen LogP contribution in [0.4, 0.5) is 5.69 Å². The Hall–Kier alpha value is -2.86. The second kappa shape index (κ2) is 6.02. The number of rotatable bonds is 2. The summed E-state index contributed by atoms with van der Waals surface area (Å²) in [5.41, 5.74) is 0.578. The van der Waals surface area contributed by atoms with Crippen LogP contribution in [0.25, 0.3) is 0 Å². The molecule has 0 fully saturated rings. The first-order valence-electron chi connectivity index (χ1n) is 5.04. The van der Waals surface area contributed by atoms with Crippen molar-refractivity contribution in [1.29, 1.82) is 10.5 Å². The Balaban J connectivity index is 2.88. The van der Waals surface area contributed by atoms with Crippen LogP contribution in [0, 0.1) is 22.7 Å². The molecule has 1 aromatic carbocycles. The number of nitrogens with one attached hydrogen (secondary N) is 1. The lowest BCUT2D eigenvalue weighted by Gasteiger charge is -2.05. The third-order valence-electron chi connectivity index (χ3n) is 1.98. The summed E-state index contributed by atoms with van der Waals surface area (Å²) < 4.78 is 4.51. The van der Waals surface area contributed by atoms with Gasteiger partial charge in [-0.1, -0.05) is 0 Å². The average Bonchev–Trinajstić information content (AvgIpc) is 2.38. The highest BCUT2D eigenvalue weighted by atomic mass is 16.5. The standard InChI is InChI=1S/C12H9N3O3/c1-2-18-12(17)11(16)15-10-4-3-8(6-13)9(5-10)7-14/h3-5H,2H2,1H3,(H,15,16). The van der Waals surface area contributed by atoms with Gasteiger partial charge in [-0.2, -0.15) is 10.5 Å². The van der Waals surface area contributed by atoms with E-state index in [1.54, 1.807) is 6.92 Å². The Kier molecular flexibility index (Phi) is 4.42. The SMILES string of the molecule is CCOC(=O)C(=O)Nc1ccc(C#N)c(C#N)c1. The van der Waals surface area contributed by atoms with Gasteiger partial charge in [0, 0.05) is 5.69 Å². The van der Waals surface area contributed by atoms with E-state index in [1.165, 1.54) is 18.2 Å². The van der Waals surface area contributed by atoms with Gasteiger partial charge >= 0.3 is 11.9 Å². The minimum Gasteiger partial charge on any atom is -0.459 e. The molecular formula is C12H9N3O3. The normalized spacial score (nSPS) is 8.83. The molecule has 0 heterocycles. The van der Waals surface area contributed by atoms with E-state index in [0.29, 0.717) is 0 Å². The lowest BCUT2D eigenvalue weighted by atomic mass is 10.1. The van der Waals surface area contributed by atoms with Gasteiger partial charge in [0.2, 0.25) is 0 Å². The Bertz CT molecular complexity index is 567. The molecule has 0 aliphatic rings. The van der Waals surface area contributed by atoms with Crippen molar-refractivity contribution >= 4 is 17.6 Å². The van der Waals surface area contributed by atoms with E-state index in [9.17, 15) is 9.59 Å². The number of ether oxygens (including phenoxy) is 1. The van der Waals surface area contributed by atoms with Crippen LogP contribution in [0.2, 0.25) is 0 Å². The Morgan fingerprint density at radius 2 is 1.94 bits per heavy atom. The van der Waals surface area contributed by atoms with Crippen LogP contribution in [0.15, 0.2) is 18.2 Å². The van der Waals surface area contributed by atoms with Crippen molar-refractivity contribution in [2.45, 2.75) is 6.92 Å². The molecule has 0 aliphatic carbocycles. The number of nitrogens with zero attached hydrogens (tertiary/aromatic N) is 2. The maximum Gasteiger partial charge on any atom is 0.397 e. The number of anilines is 1. The zero-order chi connectivity index (χ0) is 13.5. The van der Waals surface area contributed by atoms with Gasteiger partial charge in [0.25, 0.3) is 0 Å². The van der Waals surface area contributed by atoms with E-state index in [1.807, 2.05) is 12.1 Å². The number of carbonyl (C=O) groups excluding carboxylic acids is 2. The van der Waals surface area contributed by atoms with E-state index >= 15 is 0 Å². The molecule has 1 amide bonds. The van der Waals surface area contributed by atoms with Crippen LogP contribution in [-0.4, -0.2) is 18.5 Å². The summed E-state index contributed by atoms with van der Waals surface area (Å²) in [5.74, 6) is -1.93. The van der Waals surface area contributed by atoms with Crippen LogP contribution >= 0.6 is 0 Å². The summed E-state index contributed by atoms with van der Waals surface area (Å²) in [6, 6.07) is 7.80. The van der Waals surface area contributed by atoms with Gasteiger partial charge in [-0.15, -0.1) is 0 Å². The van der Waals surface area contributed by atoms with Gasteiger partial charge in [-0.3, -0.25) is 4.79 Å². The van der Waals surface area contributed by atoms with Crippen molar-refractivity contribution in [2.75, 3.05) is 11.9 Å². The van der Waals surface area contributed by atoms with E-state index in [2.05, 4.69) is 10.1 Å². The maximum atomic E-state index is 11.3. The largest absolute Gasteiger partial charge is 0.459 e. The molecule has 0 aromatic heterocycles. The summed E-state index contributed by atoms with van der Waals surface area (Å²) in [6.07, 6.45) is 0. The topological polar surface area (TPSA) is 103 Å². The molecule has 1 aromatic rings. The Morgan fingerprint density at radius 3 is 2.50 bits per heavy atom. The molecule has 6 nitrogen and oxygen atoms in total. The van der Waals surface area contributed by atoms with Crippen molar-refractivity contribution in [3.8, 4) is 12.1 Å². The zero-order valence-corrected chi connectivity index (χ0v) is 9.56. The predicted octanol–water partition coefficient (Wildman–Crippen LogP) is 0.932. The van der Waals surface area contributed by atoms with Crippen molar-refractivity contribution < 1.29 is 14.3 Å². The fourth-order valence-electron chi connectivity index (χ4n) is 1.19. The molecule has 0 bridgehead atoms. The first-order chi connectivity index (χ1) is 8.62. The highest BCUT2D eigenvalue weighted by molar-refractivity contribution is 6.37. The van der Waals surface area contributed by atoms with Gasteiger partial charge in [0.15, 0.2) is 0 Å². The molecule has 18 heavy (non-hydrogen) atoms. The monoisotopic (exact) mass is 243 g/mol. The van der Waals surface area contributed by atoms with Crippen molar-refractivity contribution in [2.24, 2.45) is 0 Å². The van der Waals surface area contributed by atoms with Crippen molar-refractivity contribution in [3.05, 3.63) is 29.3 Å². The number of hydrogen-bond acceptors (Lipinski definition) is 5. The molecule has 6 heteroatoms. The molecule has 90 valence electrons. The zero-order valence-electron chi connectivity index (χ0n) is 9.56. The van der Waals surface area contributed by atoms with Gasteiger partial charge in [-0.05, 0) is 25.1 Å². The minimum absolute atomic E-state index is 0.100. The highest BCUT2D eigenvalue weighted by Crippen LogP contribution is 2.14. The van der Waals surface area contributed by atoms with E-state index in [4.69, 9.17) is 10.5 Å². The highest BCUT2D eigenvalue weighted by Gasteiger charge is 2.15. The van der Waals surface area contributed by atoms with E-state index in [-0.39, 0.29) is 23.4 Å². The van der Waals surface area contributed by atoms with Crippen LogP contribution in [0.1, 0.15) is 18.1 Å². The molecule has 0 saturated carbocycles.